The van der Waals surface area contributed by atoms with Gasteiger partial charge in [-0.15, -0.1) is 11.8 Å². The van der Waals surface area contributed by atoms with Crippen molar-refractivity contribution in [2.24, 2.45) is 0 Å². The van der Waals surface area contributed by atoms with Crippen molar-refractivity contribution in [1.82, 2.24) is 4.90 Å². The topological polar surface area (TPSA) is 29.5 Å². The molecule has 0 saturated carbocycles. The van der Waals surface area contributed by atoms with Crippen molar-refractivity contribution in [3.63, 3.8) is 0 Å². The minimum absolute atomic E-state index is 0.225. The van der Waals surface area contributed by atoms with Crippen LogP contribution < -0.4 is 0 Å². The van der Waals surface area contributed by atoms with E-state index in [0.717, 1.165) is 6.54 Å². The number of allylic oxidation sites excluding steroid dienone is 1. The summed E-state index contributed by atoms with van der Waals surface area (Å²) in [6.07, 6.45) is 3.63. The van der Waals surface area contributed by atoms with E-state index in [-0.39, 0.29) is 5.97 Å². The quantitative estimate of drug-likeness (QED) is 0.498. The molecular formula is C9H17NO2S. The fourth-order valence-electron chi connectivity index (χ4n) is 0.711. The summed E-state index contributed by atoms with van der Waals surface area (Å²) in [6.45, 7) is 3.04. The van der Waals surface area contributed by atoms with Crippen LogP contribution in [-0.2, 0) is 9.53 Å². The van der Waals surface area contributed by atoms with Crippen molar-refractivity contribution in [2.45, 2.75) is 6.92 Å². The Kier molecular flexibility index (Phi) is 6.72. The van der Waals surface area contributed by atoms with Gasteiger partial charge in [0.05, 0.1) is 4.91 Å². The molecule has 4 heteroatoms. The first kappa shape index (κ1) is 12.5. The molecule has 0 amide bonds. The summed E-state index contributed by atoms with van der Waals surface area (Å²) in [5.74, 6) is -0.225. The van der Waals surface area contributed by atoms with Crippen LogP contribution in [0.4, 0.5) is 0 Å². The van der Waals surface area contributed by atoms with E-state index in [1.54, 1.807) is 6.08 Å². The lowest BCUT2D eigenvalue weighted by molar-refractivity contribution is -0.138. The van der Waals surface area contributed by atoms with E-state index in [1.807, 2.05) is 32.2 Å². The summed E-state index contributed by atoms with van der Waals surface area (Å²) in [5.41, 5.74) is 0. The third kappa shape index (κ3) is 5.71. The molecule has 0 unspecified atom stereocenters. The van der Waals surface area contributed by atoms with Crippen molar-refractivity contribution >= 4 is 17.7 Å². The predicted octanol–water partition coefficient (Wildman–Crippen LogP) is 1.36. The van der Waals surface area contributed by atoms with Gasteiger partial charge in [-0.2, -0.15) is 0 Å². The van der Waals surface area contributed by atoms with Crippen LogP contribution in [0.1, 0.15) is 6.92 Å². The number of hydrogen-bond donors (Lipinski definition) is 0. The molecule has 0 atom stereocenters. The largest absolute Gasteiger partial charge is 0.460 e. The maximum atomic E-state index is 11.3. The molecule has 0 bridgehead atoms. The van der Waals surface area contributed by atoms with Crippen LogP contribution in [0.5, 0.6) is 0 Å². The number of nitrogens with zero attached hydrogens (tertiary/aromatic N) is 1. The number of hydrogen-bond acceptors (Lipinski definition) is 4. The molecule has 3 nitrogen and oxygen atoms in total. The molecule has 0 aliphatic rings. The zero-order valence-corrected chi connectivity index (χ0v) is 9.48. The SMILES string of the molecule is C/C=C(\SC)C(=O)OCCN(C)C. The average Bonchev–Trinajstić information content (AvgIpc) is 2.05. The number of thioether (sulfide) groups is 1. The maximum Gasteiger partial charge on any atom is 0.344 e. The average molecular weight is 203 g/mol. The van der Waals surface area contributed by atoms with Crippen molar-refractivity contribution in [3.8, 4) is 0 Å². The molecule has 0 aliphatic heterocycles. The molecule has 0 heterocycles. The van der Waals surface area contributed by atoms with Gasteiger partial charge in [-0.05, 0) is 27.3 Å². The van der Waals surface area contributed by atoms with Crippen molar-refractivity contribution in [1.29, 1.82) is 0 Å². The number of esters is 1. The Labute approximate surface area is 84.1 Å². The van der Waals surface area contributed by atoms with Crippen molar-refractivity contribution < 1.29 is 9.53 Å². The van der Waals surface area contributed by atoms with Gasteiger partial charge in [0.2, 0.25) is 0 Å². The number of carbonyl (C=O) groups excluding carboxylic acids is 1. The van der Waals surface area contributed by atoms with Gasteiger partial charge in [-0.1, -0.05) is 6.08 Å². The molecule has 0 N–H and O–H groups in total. The molecule has 0 saturated heterocycles. The zero-order valence-electron chi connectivity index (χ0n) is 8.66. The maximum absolute atomic E-state index is 11.3. The number of likely N-dealkylation sites (N-methyl/N-ethyl adjacent to an activating group) is 1. The predicted molar refractivity (Wildman–Crippen MR) is 56.8 cm³/mol. The Morgan fingerprint density at radius 1 is 1.54 bits per heavy atom. The highest BCUT2D eigenvalue weighted by atomic mass is 32.2. The van der Waals surface area contributed by atoms with Gasteiger partial charge in [0.1, 0.15) is 6.61 Å². The van der Waals surface area contributed by atoms with Crippen molar-refractivity contribution in [2.75, 3.05) is 33.5 Å². The molecule has 0 fully saturated rings. The van der Waals surface area contributed by atoms with Gasteiger partial charge in [0, 0.05) is 6.54 Å². The molecule has 0 spiro atoms. The van der Waals surface area contributed by atoms with Crippen molar-refractivity contribution in [3.05, 3.63) is 11.0 Å². The summed E-state index contributed by atoms with van der Waals surface area (Å²) >= 11 is 1.41. The lowest BCUT2D eigenvalue weighted by atomic mass is 10.5. The number of rotatable bonds is 5. The molecule has 0 radical (unpaired) electrons. The summed E-state index contributed by atoms with van der Waals surface area (Å²) in [6, 6.07) is 0. The van der Waals surface area contributed by atoms with Gasteiger partial charge in [-0.3, -0.25) is 0 Å². The van der Waals surface area contributed by atoms with Crippen LogP contribution in [0.25, 0.3) is 0 Å². The van der Waals surface area contributed by atoms with Gasteiger partial charge in [-0.25, -0.2) is 4.79 Å². The summed E-state index contributed by atoms with van der Waals surface area (Å²) < 4.78 is 5.03. The van der Waals surface area contributed by atoms with E-state index in [9.17, 15) is 4.79 Å². The number of ether oxygens (including phenoxy) is 1. The van der Waals surface area contributed by atoms with Crippen LogP contribution in [0.15, 0.2) is 11.0 Å². The monoisotopic (exact) mass is 203 g/mol. The smallest absolute Gasteiger partial charge is 0.344 e. The third-order valence-electron chi connectivity index (χ3n) is 1.45. The molecule has 0 aliphatic carbocycles. The lowest BCUT2D eigenvalue weighted by Crippen LogP contribution is -2.20. The lowest BCUT2D eigenvalue weighted by Gasteiger charge is -2.10. The van der Waals surface area contributed by atoms with Gasteiger partial charge in [0.15, 0.2) is 0 Å². The highest BCUT2D eigenvalue weighted by Gasteiger charge is 2.07. The zero-order chi connectivity index (χ0) is 10.3. The molecular weight excluding hydrogens is 186 g/mol. The fraction of sp³-hybridized carbons (Fsp3) is 0.667. The molecule has 0 aromatic rings. The molecule has 0 aromatic heterocycles. The van der Waals surface area contributed by atoms with E-state index in [2.05, 4.69) is 0 Å². The highest BCUT2D eigenvalue weighted by molar-refractivity contribution is 8.03. The molecule has 0 rings (SSSR count). The van der Waals surface area contributed by atoms with E-state index < -0.39 is 0 Å². The van der Waals surface area contributed by atoms with E-state index in [1.165, 1.54) is 11.8 Å². The van der Waals surface area contributed by atoms with E-state index in [4.69, 9.17) is 4.74 Å². The van der Waals surface area contributed by atoms with Crippen LogP contribution in [0.3, 0.4) is 0 Å². The molecule has 13 heavy (non-hydrogen) atoms. The Hall–Kier alpha value is -0.480. The summed E-state index contributed by atoms with van der Waals surface area (Å²) in [7, 11) is 3.89. The number of carbonyl (C=O) groups is 1. The van der Waals surface area contributed by atoms with E-state index >= 15 is 0 Å². The van der Waals surface area contributed by atoms with E-state index in [0.29, 0.717) is 11.5 Å². The standard InChI is InChI=1S/C9H17NO2S/c1-5-8(13-4)9(11)12-7-6-10(2)3/h5H,6-7H2,1-4H3/b8-5-. The summed E-state index contributed by atoms with van der Waals surface area (Å²) in [4.78, 5) is 13.9. The first-order valence-electron chi connectivity index (χ1n) is 4.14. The minimum Gasteiger partial charge on any atom is -0.460 e. The third-order valence-corrected chi connectivity index (χ3v) is 2.30. The molecule has 76 valence electrons. The molecule has 0 aromatic carbocycles. The van der Waals surface area contributed by atoms with Gasteiger partial charge in [0.25, 0.3) is 0 Å². The first-order chi connectivity index (χ1) is 6.11. The van der Waals surface area contributed by atoms with Crippen LogP contribution in [0.2, 0.25) is 0 Å². The van der Waals surface area contributed by atoms with Gasteiger partial charge >= 0.3 is 5.97 Å². The second-order valence-corrected chi connectivity index (χ2v) is 3.64. The second-order valence-electron chi connectivity index (χ2n) is 2.80. The highest BCUT2D eigenvalue weighted by Crippen LogP contribution is 2.12. The Morgan fingerprint density at radius 2 is 2.15 bits per heavy atom. The normalized spacial score (nSPS) is 11.9. The first-order valence-corrected chi connectivity index (χ1v) is 5.36. The van der Waals surface area contributed by atoms with Crippen LogP contribution >= 0.6 is 11.8 Å². The van der Waals surface area contributed by atoms with Crippen LogP contribution in [-0.4, -0.2) is 44.4 Å². The Balaban J connectivity index is 3.74. The minimum atomic E-state index is -0.225. The Morgan fingerprint density at radius 3 is 2.54 bits per heavy atom. The van der Waals surface area contributed by atoms with Crippen LogP contribution in [0, 0.1) is 0 Å². The summed E-state index contributed by atoms with van der Waals surface area (Å²) in [5, 5.41) is 0. The Bertz CT molecular complexity index is 190. The van der Waals surface area contributed by atoms with Gasteiger partial charge < -0.3 is 9.64 Å². The fourth-order valence-corrected chi connectivity index (χ4v) is 1.17. The second kappa shape index (κ2) is 6.97.